The topological polar surface area (TPSA) is 46.2 Å². The molecule has 1 unspecified atom stereocenters. The monoisotopic (exact) mass is 514 g/mol. The van der Waals surface area contributed by atoms with E-state index < -0.39 is 11.8 Å². The molecule has 5 heteroatoms. The Bertz CT molecular complexity index is 461. The summed E-state index contributed by atoms with van der Waals surface area (Å²) in [6, 6.07) is 0. The zero-order valence-electron chi connectivity index (χ0n) is 25.2. The Morgan fingerprint density at radius 1 is 0.611 bits per heavy atom. The van der Waals surface area contributed by atoms with Gasteiger partial charge in [0.15, 0.2) is 5.79 Å². The van der Waals surface area contributed by atoms with Crippen LogP contribution in [-0.4, -0.2) is 46.3 Å². The maximum absolute atomic E-state index is 5.72. The van der Waals surface area contributed by atoms with E-state index in [9.17, 15) is 0 Å². The van der Waals surface area contributed by atoms with Crippen LogP contribution in [0.3, 0.4) is 0 Å². The van der Waals surface area contributed by atoms with Gasteiger partial charge in [0.25, 0.3) is 5.97 Å². The predicted molar refractivity (Wildman–Crippen MR) is 154 cm³/mol. The first-order chi connectivity index (χ1) is 17.4. The lowest BCUT2D eigenvalue weighted by molar-refractivity contribution is -0.372. The first-order valence-corrected chi connectivity index (χ1v) is 14.6. The second-order valence-electron chi connectivity index (χ2n) is 9.37. The summed E-state index contributed by atoms with van der Waals surface area (Å²) in [7, 11) is 4.81. The number of hydrogen-bond donors (Lipinski definition) is 0. The molecule has 0 amide bonds. The van der Waals surface area contributed by atoms with Crippen molar-refractivity contribution in [1.82, 2.24) is 0 Å². The summed E-state index contributed by atoms with van der Waals surface area (Å²) in [4.78, 5) is 0. The smallest absolute Gasteiger partial charge is 0.288 e. The van der Waals surface area contributed by atoms with Crippen molar-refractivity contribution in [1.29, 1.82) is 0 Å². The van der Waals surface area contributed by atoms with Crippen molar-refractivity contribution < 1.29 is 23.7 Å². The van der Waals surface area contributed by atoms with E-state index in [1.807, 2.05) is 26.0 Å². The molecule has 1 atom stereocenters. The summed E-state index contributed by atoms with van der Waals surface area (Å²) >= 11 is 0. The Morgan fingerprint density at radius 2 is 1.03 bits per heavy atom. The second kappa shape index (κ2) is 25.9. The molecule has 0 radical (unpaired) electrons. The molecule has 0 fully saturated rings. The Morgan fingerprint density at radius 3 is 1.39 bits per heavy atom. The zero-order valence-corrected chi connectivity index (χ0v) is 25.2. The quantitative estimate of drug-likeness (QED) is 0.0690. The molecule has 0 aliphatic rings. The maximum Gasteiger partial charge on any atom is 0.288 e. The summed E-state index contributed by atoms with van der Waals surface area (Å²) in [5.74, 6) is -1.47. The van der Waals surface area contributed by atoms with Crippen molar-refractivity contribution >= 4 is 0 Å². The number of hydrogen-bond acceptors (Lipinski definition) is 5. The van der Waals surface area contributed by atoms with E-state index in [2.05, 4.69) is 27.0 Å². The molecular weight excluding hydrogens is 452 g/mol. The molecule has 5 nitrogen and oxygen atoms in total. The third-order valence-corrected chi connectivity index (χ3v) is 6.68. The molecule has 0 saturated carbocycles. The lowest BCUT2D eigenvalue weighted by Crippen LogP contribution is -2.43. The molecule has 0 aliphatic heterocycles. The lowest BCUT2D eigenvalue weighted by Gasteiger charge is -2.34. The molecular formula is C31H62O5. The van der Waals surface area contributed by atoms with Crippen LogP contribution in [0.4, 0.5) is 0 Å². The van der Waals surface area contributed by atoms with Crippen LogP contribution in [0.1, 0.15) is 124 Å². The summed E-state index contributed by atoms with van der Waals surface area (Å²) in [5, 5.41) is 0. The van der Waals surface area contributed by atoms with Gasteiger partial charge < -0.3 is 23.7 Å². The van der Waals surface area contributed by atoms with Crippen LogP contribution in [-0.2, 0) is 23.7 Å². The Hall–Kier alpha value is -0.720. The molecule has 0 rings (SSSR count). The first kappa shape index (κ1) is 37.4. The summed E-state index contributed by atoms with van der Waals surface area (Å²) in [6.07, 6.45) is 22.4. The highest BCUT2D eigenvalue weighted by molar-refractivity contribution is 4.89. The highest BCUT2D eigenvalue weighted by Crippen LogP contribution is 2.29. The fourth-order valence-corrected chi connectivity index (χ4v) is 4.51. The second-order valence-corrected chi connectivity index (χ2v) is 9.37. The number of ether oxygens (including phenoxy) is 5. The van der Waals surface area contributed by atoms with E-state index >= 15 is 0 Å². The molecule has 0 aromatic carbocycles. The van der Waals surface area contributed by atoms with Crippen LogP contribution in [0.25, 0.3) is 0 Å². The Kier molecular flexibility index (Phi) is 26.9. The van der Waals surface area contributed by atoms with Crippen LogP contribution >= 0.6 is 0 Å². The van der Waals surface area contributed by atoms with Gasteiger partial charge >= 0.3 is 0 Å². The van der Waals surface area contributed by atoms with E-state index in [1.165, 1.54) is 70.6 Å². The van der Waals surface area contributed by atoms with Gasteiger partial charge in [-0.05, 0) is 32.8 Å². The van der Waals surface area contributed by atoms with Crippen molar-refractivity contribution in [3.8, 4) is 0 Å². The molecule has 36 heavy (non-hydrogen) atoms. The minimum Gasteiger partial charge on any atom is -0.347 e. The van der Waals surface area contributed by atoms with E-state index in [0.717, 1.165) is 25.7 Å². The molecule has 0 saturated heterocycles. The van der Waals surface area contributed by atoms with Gasteiger partial charge in [-0.15, -0.1) is 6.58 Å². The van der Waals surface area contributed by atoms with E-state index in [4.69, 9.17) is 23.7 Å². The van der Waals surface area contributed by atoms with Crippen LogP contribution in [0.2, 0.25) is 0 Å². The van der Waals surface area contributed by atoms with Crippen molar-refractivity contribution in [3.63, 3.8) is 0 Å². The fourth-order valence-electron chi connectivity index (χ4n) is 4.51. The van der Waals surface area contributed by atoms with Gasteiger partial charge in [0.1, 0.15) is 0 Å². The highest BCUT2D eigenvalue weighted by Gasteiger charge is 2.37. The summed E-state index contributed by atoms with van der Waals surface area (Å²) in [5.41, 5.74) is 0. The largest absolute Gasteiger partial charge is 0.347 e. The molecule has 0 spiro atoms. The molecule has 0 aromatic heterocycles. The van der Waals surface area contributed by atoms with Crippen molar-refractivity contribution in [2.75, 3.05) is 34.5 Å². The van der Waals surface area contributed by atoms with Gasteiger partial charge in [0, 0.05) is 41.0 Å². The maximum atomic E-state index is 5.72. The van der Waals surface area contributed by atoms with Gasteiger partial charge in [-0.3, -0.25) is 0 Å². The minimum atomic E-state index is -0.981. The molecule has 0 aliphatic carbocycles. The van der Waals surface area contributed by atoms with Gasteiger partial charge in [0.2, 0.25) is 0 Å². The highest BCUT2D eigenvalue weighted by atomic mass is 16.9. The number of methoxy groups -OCH3 is 3. The molecule has 216 valence electrons. The Balaban J connectivity index is 0. The van der Waals surface area contributed by atoms with E-state index in [0.29, 0.717) is 13.2 Å². The first-order valence-electron chi connectivity index (χ1n) is 14.6. The molecule has 0 aromatic rings. The lowest BCUT2D eigenvalue weighted by atomic mass is 9.97. The normalized spacial score (nSPS) is 12.6. The van der Waals surface area contributed by atoms with Gasteiger partial charge in [-0.1, -0.05) is 104 Å². The molecule has 0 heterocycles. The van der Waals surface area contributed by atoms with Crippen LogP contribution in [0.5, 0.6) is 0 Å². The predicted octanol–water partition coefficient (Wildman–Crippen LogP) is 9.21. The van der Waals surface area contributed by atoms with Crippen molar-refractivity contribution in [3.05, 3.63) is 25.3 Å². The van der Waals surface area contributed by atoms with Gasteiger partial charge in [-0.2, -0.15) is 0 Å². The Labute approximate surface area is 225 Å². The van der Waals surface area contributed by atoms with Gasteiger partial charge in [0.05, 0.1) is 5.92 Å². The standard InChI is InChI=1S/C16H32O2.C15H30O3/c1-5-9-10-11-12-13-14-15-16(6-2,17-7-3)18-8-4;1-6-8-9-10-11-12-13-14(7-2)15(16-3,17-4)18-5/h6H,2,5,7-15H2,1,3-4H3;7,14H,2,6,8-13H2,1,3-5H3. The van der Waals surface area contributed by atoms with Crippen LogP contribution in [0, 0.1) is 5.92 Å². The third kappa shape index (κ3) is 16.9. The number of rotatable bonds is 25. The summed E-state index contributed by atoms with van der Waals surface area (Å²) in [6.45, 7) is 17.5. The average molecular weight is 515 g/mol. The minimum absolute atomic E-state index is 0.0590. The summed E-state index contributed by atoms with van der Waals surface area (Å²) < 4.78 is 27.6. The van der Waals surface area contributed by atoms with Crippen molar-refractivity contribution in [2.45, 2.75) is 136 Å². The number of unbranched alkanes of at least 4 members (excludes halogenated alkanes) is 11. The average Bonchev–Trinajstić information content (AvgIpc) is 2.90. The zero-order chi connectivity index (χ0) is 27.5. The molecule has 0 N–H and O–H groups in total. The van der Waals surface area contributed by atoms with Crippen LogP contribution in [0.15, 0.2) is 25.3 Å². The van der Waals surface area contributed by atoms with E-state index in [-0.39, 0.29) is 5.92 Å². The van der Waals surface area contributed by atoms with Gasteiger partial charge in [-0.25, -0.2) is 0 Å². The fraction of sp³-hybridized carbons (Fsp3) is 0.871. The van der Waals surface area contributed by atoms with E-state index in [1.54, 1.807) is 21.3 Å². The van der Waals surface area contributed by atoms with Crippen LogP contribution < -0.4 is 0 Å². The SMILES string of the molecule is C=CC(CCCCCCCC)C(OC)(OC)OC.C=CC(CCCCCCCCC)(OCC)OCC. The molecule has 0 bridgehead atoms. The third-order valence-electron chi connectivity index (χ3n) is 6.68. The van der Waals surface area contributed by atoms with Crippen molar-refractivity contribution in [2.24, 2.45) is 5.92 Å².